The second kappa shape index (κ2) is 6.13. The summed E-state index contributed by atoms with van der Waals surface area (Å²) in [6, 6.07) is 7.29. The van der Waals surface area contributed by atoms with E-state index in [4.69, 9.17) is 16.9 Å². The number of rotatable bonds is 2. The van der Waals surface area contributed by atoms with Gasteiger partial charge in [-0.2, -0.15) is 16.6 Å². The van der Waals surface area contributed by atoms with E-state index in [-0.39, 0.29) is 5.91 Å². The van der Waals surface area contributed by atoms with Crippen molar-refractivity contribution in [1.29, 1.82) is 5.26 Å². The average molecular weight is 348 g/mol. The minimum atomic E-state index is -0.781. The fourth-order valence-electron chi connectivity index (χ4n) is 2.27. The molecular weight excluding hydrogens is 338 g/mol. The SMILES string of the molecule is CN1C(=O)C(SC#N)N=C(c2ccsc2)c2cc(Cl)ccc21. The molecule has 7 heteroatoms. The normalized spacial score (nSPS) is 17.5. The lowest BCUT2D eigenvalue weighted by Crippen LogP contribution is -2.32. The maximum atomic E-state index is 12.5. The molecule has 3 rings (SSSR count). The van der Waals surface area contributed by atoms with Gasteiger partial charge >= 0.3 is 0 Å². The highest BCUT2D eigenvalue weighted by atomic mass is 35.5. The van der Waals surface area contributed by atoms with Crippen LogP contribution in [-0.2, 0) is 4.79 Å². The summed E-state index contributed by atoms with van der Waals surface area (Å²) in [6.45, 7) is 0. The molecule has 1 unspecified atom stereocenters. The van der Waals surface area contributed by atoms with Crippen LogP contribution in [0.15, 0.2) is 40.0 Å². The van der Waals surface area contributed by atoms with Crippen LogP contribution in [0, 0.1) is 10.7 Å². The van der Waals surface area contributed by atoms with Crippen LogP contribution < -0.4 is 4.90 Å². The summed E-state index contributed by atoms with van der Waals surface area (Å²) in [5.41, 5.74) is 3.13. The van der Waals surface area contributed by atoms with Gasteiger partial charge in [-0.25, -0.2) is 0 Å². The molecule has 1 aliphatic heterocycles. The zero-order valence-corrected chi connectivity index (χ0v) is 13.9. The number of anilines is 1. The molecule has 1 atom stereocenters. The number of likely N-dealkylation sites (N-methyl/N-ethyl adjacent to an activating group) is 1. The third-order valence-corrected chi connectivity index (χ3v) is 4.88. The lowest BCUT2D eigenvalue weighted by atomic mass is 10.0. The molecule has 2 heterocycles. The molecule has 0 spiro atoms. The molecule has 4 nitrogen and oxygen atoms in total. The topological polar surface area (TPSA) is 56.5 Å². The van der Waals surface area contributed by atoms with Gasteiger partial charge in [-0.15, -0.1) is 0 Å². The van der Waals surface area contributed by atoms with Gasteiger partial charge in [0.15, 0.2) is 5.37 Å². The first-order valence-corrected chi connectivity index (χ1v) is 8.54. The van der Waals surface area contributed by atoms with Crippen molar-refractivity contribution >= 4 is 52.0 Å². The Hall–Kier alpha value is -1.81. The Bertz CT molecular complexity index is 796. The summed E-state index contributed by atoms with van der Waals surface area (Å²) in [7, 11) is 1.69. The number of benzodiazepines with no additional fused rings is 1. The van der Waals surface area contributed by atoms with Crippen LogP contribution in [0.2, 0.25) is 5.02 Å². The molecule has 0 aliphatic carbocycles. The molecule has 1 aromatic carbocycles. The predicted octanol–water partition coefficient (Wildman–Crippen LogP) is 3.76. The third kappa shape index (κ3) is 2.63. The Morgan fingerprint density at radius 1 is 1.45 bits per heavy atom. The Labute approximate surface area is 141 Å². The number of amides is 1. The first-order chi connectivity index (χ1) is 10.6. The van der Waals surface area contributed by atoms with E-state index in [1.165, 1.54) is 4.90 Å². The lowest BCUT2D eigenvalue weighted by molar-refractivity contribution is -0.117. The van der Waals surface area contributed by atoms with Crippen LogP contribution in [0.25, 0.3) is 0 Å². The Morgan fingerprint density at radius 2 is 2.27 bits per heavy atom. The van der Waals surface area contributed by atoms with Gasteiger partial charge in [-0.05, 0) is 41.4 Å². The fraction of sp³-hybridized carbons (Fsp3) is 0.133. The zero-order valence-electron chi connectivity index (χ0n) is 11.5. The molecule has 0 N–H and O–H groups in total. The van der Waals surface area contributed by atoms with E-state index in [0.717, 1.165) is 28.6 Å². The average Bonchev–Trinajstić information content (AvgIpc) is 3.01. The van der Waals surface area contributed by atoms with Crippen molar-refractivity contribution in [2.24, 2.45) is 4.99 Å². The van der Waals surface area contributed by atoms with E-state index in [9.17, 15) is 4.79 Å². The summed E-state index contributed by atoms with van der Waals surface area (Å²) in [6.07, 6.45) is 0. The molecule has 110 valence electrons. The first kappa shape index (κ1) is 15.1. The van der Waals surface area contributed by atoms with Gasteiger partial charge in [-0.1, -0.05) is 11.6 Å². The maximum Gasteiger partial charge on any atom is 0.262 e. The molecule has 0 saturated carbocycles. The van der Waals surface area contributed by atoms with Crippen molar-refractivity contribution in [2.75, 3.05) is 11.9 Å². The van der Waals surface area contributed by atoms with Gasteiger partial charge in [0.1, 0.15) is 5.40 Å². The number of nitriles is 1. The largest absolute Gasteiger partial charge is 0.312 e. The Morgan fingerprint density at radius 3 is 2.95 bits per heavy atom. The molecule has 2 aromatic rings. The van der Waals surface area contributed by atoms with Crippen LogP contribution in [-0.4, -0.2) is 24.0 Å². The summed E-state index contributed by atoms with van der Waals surface area (Å²) in [5, 5.41) is 14.6. The van der Waals surface area contributed by atoms with E-state index in [1.807, 2.05) is 22.2 Å². The first-order valence-electron chi connectivity index (χ1n) is 6.34. The van der Waals surface area contributed by atoms with Crippen LogP contribution >= 0.6 is 34.7 Å². The second-order valence-electron chi connectivity index (χ2n) is 4.61. The van der Waals surface area contributed by atoms with E-state index in [2.05, 4.69) is 4.99 Å². The van der Waals surface area contributed by atoms with Gasteiger partial charge in [0.25, 0.3) is 5.91 Å². The fourth-order valence-corrected chi connectivity index (χ4v) is 3.60. The molecule has 0 radical (unpaired) electrons. The lowest BCUT2D eigenvalue weighted by Gasteiger charge is -2.19. The van der Waals surface area contributed by atoms with Crippen LogP contribution in [0.1, 0.15) is 11.1 Å². The van der Waals surface area contributed by atoms with E-state index in [1.54, 1.807) is 36.6 Å². The van der Waals surface area contributed by atoms with Crippen molar-refractivity contribution in [3.05, 3.63) is 51.2 Å². The van der Waals surface area contributed by atoms with E-state index < -0.39 is 5.37 Å². The standard InChI is InChI=1S/C15H10ClN3OS2/c1-19-12-3-2-10(16)6-11(12)13(9-4-5-21-7-9)18-14(15(19)20)22-8-17/h2-7,14H,1H3. The number of carbonyl (C=O) groups excluding carboxylic acids is 1. The number of nitrogens with zero attached hydrogens (tertiary/aromatic N) is 3. The van der Waals surface area contributed by atoms with Crippen molar-refractivity contribution < 1.29 is 4.79 Å². The van der Waals surface area contributed by atoms with E-state index in [0.29, 0.717) is 10.7 Å². The third-order valence-electron chi connectivity index (χ3n) is 3.32. The monoisotopic (exact) mass is 347 g/mol. The molecule has 0 bridgehead atoms. The minimum absolute atomic E-state index is 0.222. The van der Waals surface area contributed by atoms with Crippen LogP contribution in [0.3, 0.4) is 0 Å². The number of hydrogen-bond acceptors (Lipinski definition) is 5. The molecule has 0 fully saturated rings. The number of hydrogen-bond donors (Lipinski definition) is 0. The Balaban J connectivity index is 2.25. The maximum absolute atomic E-state index is 12.5. The van der Waals surface area contributed by atoms with Gasteiger partial charge in [-0.3, -0.25) is 9.79 Å². The van der Waals surface area contributed by atoms with Crippen molar-refractivity contribution in [3.8, 4) is 5.40 Å². The number of thiophene rings is 1. The number of halogens is 1. The smallest absolute Gasteiger partial charge is 0.262 e. The summed E-state index contributed by atoms with van der Waals surface area (Å²) in [5.74, 6) is -0.222. The van der Waals surface area contributed by atoms with Gasteiger partial charge in [0.05, 0.1) is 11.4 Å². The number of benzene rings is 1. The van der Waals surface area contributed by atoms with E-state index >= 15 is 0 Å². The molecule has 0 saturated heterocycles. The number of thioether (sulfide) groups is 1. The highest BCUT2D eigenvalue weighted by Gasteiger charge is 2.30. The molecular formula is C15H10ClN3OS2. The molecule has 22 heavy (non-hydrogen) atoms. The summed E-state index contributed by atoms with van der Waals surface area (Å²) in [4.78, 5) is 18.6. The number of thiocyanates is 1. The predicted molar refractivity (Wildman–Crippen MR) is 91.8 cm³/mol. The van der Waals surface area contributed by atoms with Crippen LogP contribution in [0.4, 0.5) is 5.69 Å². The van der Waals surface area contributed by atoms with Gasteiger partial charge < -0.3 is 4.90 Å². The van der Waals surface area contributed by atoms with Crippen molar-refractivity contribution in [2.45, 2.75) is 5.37 Å². The molecule has 1 amide bonds. The minimum Gasteiger partial charge on any atom is -0.312 e. The van der Waals surface area contributed by atoms with Crippen molar-refractivity contribution in [3.63, 3.8) is 0 Å². The number of fused-ring (bicyclic) bond motifs is 1. The van der Waals surface area contributed by atoms with Crippen molar-refractivity contribution in [1.82, 2.24) is 0 Å². The van der Waals surface area contributed by atoms with Gasteiger partial charge in [0.2, 0.25) is 0 Å². The molecule has 1 aliphatic rings. The highest BCUT2D eigenvalue weighted by Crippen LogP contribution is 2.32. The summed E-state index contributed by atoms with van der Waals surface area (Å²) >= 11 is 8.53. The van der Waals surface area contributed by atoms with Gasteiger partial charge in [0, 0.05) is 28.6 Å². The zero-order chi connectivity index (χ0) is 15.7. The Kier molecular flexibility index (Phi) is 4.21. The quantitative estimate of drug-likeness (QED) is 0.777. The summed E-state index contributed by atoms with van der Waals surface area (Å²) < 4.78 is 0. The highest BCUT2D eigenvalue weighted by molar-refractivity contribution is 8.05. The number of aliphatic imine (C=N–C) groups is 1. The molecule has 1 aromatic heterocycles. The second-order valence-corrected chi connectivity index (χ2v) is 6.69. The number of carbonyl (C=O) groups is 1. The van der Waals surface area contributed by atoms with Crippen LogP contribution in [0.5, 0.6) is 0 Å².